The number of para-hydroxylation sites is 2. The van der Waals surface area contributed by atoms with Crippen LogP contribution in [0.25, 0.3) is 10.1 Å². The number of fused-ring (bicyclic) bond motifs is 1. The molecule has 0 spiro atoms. The quantitative estimate of drug-likeness (QED) is 0.765. The topological polar surface area (TPSA) is 45.0 Å². The van der Waals surface area contributed by atoms with E-state index in [1.165, 1.54) is 4.70 Å². The van der Waals surface area contributed by atoms with Crippen LogP contribution in [0, 0.1) is 11.3 Å². The third-order valence-electron chi connectivity index (χ3n) is 3.36. The predicted octanol–water partition coefficient (Wildman–Crippen LogP) is 4.59. The largest absolute Gasteiger partial charge is 0.495 e. The summed E-state index contributed by atoms with van der Waals surface area (Å²) < 4.78 is 6.52. The molecule has 1 unspecified atom stereocenters. The zero-order chi connectivity index (χ0) is 14.7. The third kappa shape index (κ3) is 2.56. The highest BCUT2D eigenvalue weighted by Crippen LogP contribution is 2.33. The number of nitrogens with one attached hydrogen (secondary N) is 1. The molecule has 2 aromatic carbocycles. The van der Waals surface area contributed by atoms with Gasteiger partial charge in [-0.15, -0.1) is 11.3 Å². The average molecular weight is 294 g/mol. The van der Waals surface area contributed by atoms with Crippen molar-refractivity contribution in [3.8, 4) is 11.8 Å². The Kier molecular flexibility index (Phi) is 3.76. The van der Waals surface area contributed by atoms with Crippen molar-refractivity contribution < 1.29 is 4.74 Å². The summed E-state index contributed by atoms with van der Waals surface area (Å²) in [5.41, 5.74) is 1.82. The molecule has 0 aliphatic rings. The van der Waals surface area contributed by atoms with Crippen LogP contribution in [0.4, 0.5) is 5.69 Å². The molecule has 0 saturated heterocycles. The average Bonchev–Trinajstić information content (AvgIpc) is 2.97. The van der Waals surface area contributed by atoms with Gasteiger partial charge in [-0.1, -0.05) is 30.3 Å². The molecule has 0 bridgehead atoms. The van der Waals surface area contributed by atoms with Crippen LogP contribution in [0.15, 0.2) is 53.9 Å². The van der Waals surface area contributed by atoms with Crippen molar-refractivity contribution in [1.82, 2.24) is 0 Å². The summed E-state index contributed by atoms with van der Waals surface area (Å²) in [5.74, 6) is 0.734. The zero-order valence-electron chi connectivity index (χ0n) is 11.5. The molecule has 0 radical (unpaired) electrons. The zero-order valence-corrected chi connectivity index (χ0v) is 12.4. The maximum Gasteiger partial charge on any atom is 0.141 e. The fourth-order valence-corrected chi connectivity index (χ4v) is 3.31. The third-order valence-corrected chi connectivity index (χ3v) is 4.34. The highest BCUT2D eigenvalue weighted by atomic mass is 32.1. The van der Waals surface area contributed by atoms with Gasteiger partial charge in [0.2, 0.25) is 0 Å². The Morgan fingerprint density at radius 1 is 1.14 bits per heavy atom. The highest BCUT2D eigenvalue weighted by molar-refractivity contribution is 7.17. The summed E-state index contributed by atoms with van der Waals surface area (Å²) >= 11 is 1.66. The van der Waals surface area contributed by atoms with Crippen molar-refractivity contribution >= 4 is 27.1 Å². The molecule has 3 aromatic rings. The number of hydrogen-bond donors (Lipinski definition) is 1. The molecule has 1 heterocycles. The van der Waals surface area contributed by atoms with Gasteiger partial charge in [-0.05, 0) is 29.0 Å². The maximum absolute atomic E-state index is 9.53. The molecule has 3 rings (SSSR count). The summed E-state index contributed by atoms with van der Waals surface area (Å²) in [6.45, 7) is 0. The van der Waals surface area contributed by atoms with Crippen molar-refractivity contribution in [2.45, 2.75) is 6.04 Å². The van der Waals surface area contributed by atoms with Crippen LogP contribution in [0.2, 0.25) is 0 Å². The first-order chi connectivity index (χ1) is 10.3. The van der Waals surface area contributed by atoms with E-state index >= 15 is 0 Å². The monoisotopic (exact) mass is 294 g/mol. The lowest BCUT2D eigenvalue weighted by Gasteiger charge is -2.15. The Hall–Kier alpha value is -2.51. The van der Waals surface area contributed by atoms with Crippen LogP contribution in [0.3, 0.4) is 0 Å². The van der Waals surface area contributed by atoms with Crippen molar-refractivity contribution in [3.05, 3.63) is 59.5 Å². The lowest BCUT2D eigenvalue weighted by molar-refractivity contribution is 0.416. The van der Waals surface area contributed by atoms with Crippen LogP contribution in [-0.4, -0.2) is 7.11 Å². The first-order valence-corrected chi connectivity index (χ1v) is 7.46. The molecule has 104 valence electrons. The van der Waals surface area contributed by atoms with E-state index in [-0.39, 0.29) is 0 Å². The van der Waals surface area contributed by atoms with E-state index < -0.39 is 6.04 Å². The number of methoxy groups -OCH3 is 1. The van der Waals surface area contributed by atoms with Crippen molar-refractivity contribution in [3.63, 3.8) is 0 Å². The maximum atomic E-state index is 9.53. The van der Waals surface area contributed by atoms with E-state index in [1.54, 1.807) is 18.4 Å². The molecule has 4 heteroatoms. The summed E-state index contributed by atoms with van der Waals surface area (Å²) in [6, 6.07) is 17.7. The second kappa shape index (κ2) is 5.86. The van der Waals surface area contributed by atoms with Gasteiger partial charge in [0.1, 0.15) is 11.8 Å². The fraction of sp³-hybridized carbons (Fsp3) is 0.118. The Balaban J connectivity index is 1.98. The van der Waals surface area contributed by atoms with Crippen molar-refractivity contribution in [2.24, 2.45) is 0 Å². The number of nitrogens with zero attached hydrogens (tertiary/aromatic N) is 1. The lowest BCUT2D eigenvalue weighted by atomic mass is 10.1. The first kappa shape index (κ1) is 13.5. The van der Waals surface area contributed by atoms with Gasteiger partial charge in [-0.25, -0.2) is 0 Å². The van der Waals surface area contributed by atoms with Gasteiger partial charge in [0.05, 0.1) is 18.9 Å². The van der Waals surface area contributed by atoms with Crippen LogP contribution in [0.1, 0.15) is 11.6 Å². The summed E-state index contributed by atoms with van der Waals surface area (Å²) in [4.78, 5) is 0. The predicted molar refractivity (Wildman–Crippen MR) is 86.8 cm³/mol. The molecule has 1 aromatic heterocycles. The second-order valence-electron chi connectivity index (χ2n) is 4.59. The first-order valence-electron chi connectivity index (χ1n) is 6.59. The minimum absolute atomic E-state index is 0.405. The van der Waals surface area contributed by atoms with Crippen LogP contribution in [-0.2, 0) is 0 Å². The molecule has 3 nitrogen and oxygen atoms in total. The smallest absolute Gasteiger partial charge is 0.141 e. The van der Waals surface area contributed by atoms with E-state index in [0.29, 0.717) is 0 Å². The molecular weight excluding hydrogens is 280 g/mol. The molecule has 1 N–H and O–H groups in total. The van der Waals surface area contributed by atoms with E-state index in [4.69, 9.17) is 4.74 Å². The number of anilines is 1. The molecular formula is C17H14N2OS. The molecule has 0 aliphatic heterocycles. The Labute approximate surface area is 127 Å². The molecule has 0 saturated carbocycles. The molecule has 21 heavy (non-hydrogen) atoms. The van der Waals surface area contributed by atoms with Crippen LogP contribution < -0.4 is 10.1 Å². The van der Waals surface area contributed by atoms with Gasteiger partial charge < -0.3 is 10.1 Å². The summed E-state index contributed by atoms with van der Waals surface area (Å²) in [5, 5.41) is 16.0. The Bertz CT molecular complexity index is 804. The number of ether oxygens (including phenoxy) is 1. The van der Waals surface area contributed by atoms with Gasteiger partial charge >= 0.3 is 0 Å². The van der Waals surface area contributed by atoms with E-state index in [2.05, 4.69) is 23.5 Å². The highest BCUT2D eigenvalue weighted by Gasteiger charge is 2.16. The van der Waals surface area contributed by atoms with Crippen molar-refractivity contribution in [1.29, 1.82) is 5.26 Å². The summed E-state index contributed by atoms with van der Waals surface area (Å²) in [6.07, 6.45) is 0. The van der Waals surface area contributed by atoms with Crippen LogP contribution >= 0.6 is 11.3 Å². The second-order valence-corrected chi connectivity index (χ2v) is 5.51. The number of hydrogen-bond acceptors (Lipinski definition) is 4. The SMILES string of the molecule is COc1ccccc1NC(C#N)c1csc2ccccc12. The number of nitriles is 1. The number of thiophene rings is 1. The standard InChI is InChI=1S/C17H14N2OS/c1-20-16-8-4-3-7-14(16)19-15(10-18)13-11-21-17-9-5-2-6-12(13)17/h2-9,11,15,19H,1H3. The van der Waals surface area contributed by atoms with Gasteiger partial charge in [0.25, 0.3) is 0 Å². The van der Waals surface area contributed by atoms with Crippen LogP contribution in [0.5, 0.6) is 5.75 Å². The Morgan fingerprint density at radius 3 is 2.71 bits per heavy atom. The van der Waals surface area contributed by atoms with E-state index in [1.807, 2.05) is 41.8 Å². The van der Waals surface area contributed by atoms with Gasteiger partial charge in [0.15, 0.2) is 0 Å². The minimum Gasteiger partial charge on any atom is -0.495 e. The molecule has 0 fully saturated rings. The number of rotatable bonds is 4. The fourth-order valence-electron chi connectivity index (χ4n) is 2.32. The number of benzene rings is 2. The minimum atomic E-state index is -0.405. The Morgan fingerprint density at radius 2 is 1.90 bits per heavy atom. The van der Waals surface area contributed by atoms with Gasteiger partial charge in [-0.3, -0.25) is 0 Å². The van der Waals surface area contributed by atoms with E-state index in [0.717, 1.165) is 22.4 Å². The summed E-state index contributed by atoms with van der Waals surface area (Å²) in [7, 11) is 1.63. The van der Waals surface area contributed by atoms with Gasteiger partial charge in [-0.2, -0.15) is 5.26 Å². The lowest BCUT2D eigenvalue weighted by Crippen LogP contribution is -2.08. The molecule has 1 atom stereocenters. The van der Waals surface area contributed by atoms with E-state index in [9.17, 15) is 5.26 Å². The molecule has 0 aliphatic carbocycles. The van der Waals surface area contributed by atoms with Crippen molar-refractivity contribution in [2.75, 3.05) is 12.4 Å². The normalized spacial score (nSPS) is 11.8. The van der Waals surface area contributed by atoms with Gasteiger partial charge in [0, 0.05) is 10.3 Å². The molecule has 0 amide bonds.